The van der Waals surface area contributed by atoms with Gasteiger partial charge in [0.25, 0.3) is 0 Å². The van der Waals surface area contributed by atoms with Crippen LogP contribution in [0.3, 0.4) is 0 Å². The van der Waals surface area contributed by atoms with E-state index in [4.69, 9.17) is 16.6 Å². The fourth-order valence-corrected chi connectivity index (χ4v) is 5.52. The van der Waals surface area contributed by atoms with Crippen molar-refractivity contribution >= 4 is 34.5 Å². The normalized spacial score (nSPS) is 15.8. The van der Waals surface area contributed by atoms with E-state index in [-0.39, 0.29) is 47.0 Å². The van der Waals surface area contributed by atoms with Crippen LogP contribution in [-0.4, -0.2) is 61.3 Å². The molecule has 0 aliphatic carbocycles. The van der Waals surface area contributed by atoms with Crippen LogP contribution in [0.5, 0.6) is 0 Å². The first kappa shape index (κ1) is 27.5. The van der Waals surface area contributed by atoms with Crippen LogP contribution in [0.15, 0.2) is 41.3 Å². The van der Waals surface area contributed by atoms with Crippen molar-refractivity contribution in [3.05, 3.63) is 74.7 Å². The molecule has 3 aromatic heterocycles. The van der Waals surface area contributed by atoms with Crippen molar-refractivity contribution in [2.75, 3.05) is 24.5 Å². The van der Waals surface area contributed by atoms with Crippen molar-refractivity contribution in [2.45, 2.75) is 46.6 Å². The quantitative estimate of drug-likeness (QED) is 0.346. The SMILES string of the molecule is Cc1ccc(F)c(-c2nc3c(cc2Cl)c(N2CCN(C(=O)O)C[C@@H]2C)nc(=O)n3-c2c(C)ccnc2C(C)C)c1. The summed E-state index contributed by atoms with van der Waals surface area (Å²) in [5.41, 5.74) is 3.02. The lowest BCUT2D eigenvalue weighted by atomic mass is 10.0. The Kier molecular flexibility index (Phi) is 7.22. The number of aryl methyl sites for hydroxylation is 2. The molecule has 1 atom stereocenters. The van der Waals surface area contributed by atoms with Gasteiger partial charge in [0.1, 0.15) is 11.6 Å². The Morgan fingerprint density at radius 1 is 1.15 bits per heavy atom. The fraction of sp³-hybridized carbons (Fsp3) is 0.345. The number of carboxylic acid groups (broad SMARTS) is 1. The largest absolute Gasteiger partial charge is 0.465 e. The first-order chi connectivity index (χ1) is 19.0. The van der Waals surface area contributed by atoms with Gasteiger partial charge >= 0.3 is 11.8 Å². The highest BCUT2D eigenvalue weighted by Crippen LogP contribution is 2.36. The van der Waals surface area contributed by atoms with E-state index in [1.54, 1.807) is 24.4 Å². The van der Waals surface area contributed by atoms with Gasteiger partial charge in [-0.05, 0) is 56.5 Å². The molecule has 208 valence electrons. The van der Waals surface area contributed by atoms with Crippen LogP contribution < -0.4 is 10.6 Å². The molecule has 9 nitrogen and oxygen atoms in total. The van der Waals surface area contributed by atoms with Crippen LogP contribution in [0.1, 0.15) is 43.5 Å². The maximum Gasteiger partial charge on any atom is 0.407 e. The second-order valence-corrected chi connectivity index (χ2v) is 10.9. The lowest BCUT2D eigenvalue weighted by Crippen LogP contribution is -2.54. The number of piperazine rings is 1. The first-order valence-corrected chi connectivity index (χ1v) is 13.5. The monoisotopic (exact) mass is 564 g/mol. The lowest BCUT2D eigenvalue weighted by Gasteiger charge is -2.39. The molecule has 5 rings (SSSR count). The maximum absolute atomic E-state index is 15.0. The number of pyridine rings is 2. The number of hydrogen-bond donors (Lipinski definition) is 1. The number of aromatic nitrogens is 4. The van der Waals surface area contributed by atoms with E-state index >= 15 is 4.39 Å². The Morgan fingerprint density at radius 2 is 1.90 bits per heavy atom. The molecular formula is C29H30ClFN6O3. The lowest BCUT2D eigenvalue weighted by molar-refractivity contribution is 0.136. The van der Waals surface area contributed by atoms with E-state index in [9.17, 15) is 14.7 Å². The molecule has 1 fully saturated rings. The highest BCUT2D eigenvalue weighted by Gasteiger charge is 2.31. The molecule has 0 bridgehead atoms. The van der Waals surface area contributed by atoms with Crippen molar-refractivity contribution < 1.29 is 14.3 Å². The number of hydrogen-bond acceptors (Lipinski definition) is 6. The van der Waals surface area contributed by atoms with E-state index in [2.05, 4.69) is 9.97 Å². The molecule has 1 saturated heterocycles. The Morgan fingerprint density at radius 3 is 2.58 bits per heavy atom. The topological polar surface area (TPSA) is 104 Å². The van der Waals surface area contributed by atoms with Gasteiger partial charge in [0.05, 0.1) is 27.5 Å². The number of carbonyl (C=O) groups is 1. The molecule has 0 spiro atoms. The number of anilines is 1. The van der Waals surface area contributed by atoms with Crippen molar-refractivity contribution in [2.24, 2.45) is 0 Å². The van der Waals surface area contributed by atoms with E-state index in [0.717, 1.165) is 11.1 Å². The summed E-state index contributed by atoms with van der Waals surface area (Å²) in [6.07, 6.45) is 0.701. The van der Waals surface area contributed by atoms with E-state index < -0.39 is 17.6 Å². The van der Waals surface area contributed by atoms with Crippen LogP contribution in [0.4, 0.5) is 15.0 Å². The molecule has 1 aliphatic rings. The molecule has 1 amide bonds. The number of rotatable bonds is 4. The predicted octanol–water partition coefficient (Wildman–Crippen LogP) is 5.56. The van der Waals surface area contributed by atoms with Crippen molar-refractivity contribution in [1.29, 1.82) is 0 Å². The molecule has 1 N–H and O–H groups in total. The number of fused-ring (bicyclic) bond motifs is 1. The summed E-state index contributed by atoms with van der Waals surface area (Å²) in [4.78, 5) is 42.6. The molecule has 11 heteroatoms. The smallest absolute Gasteiger partial charge is 0.407 e. The van der Waals surface area contributed by atoms with Crippen LogP contribution in [0.25, 0.3) is 28.0 Å². The molecule has 4 aromatic rings. The average molecular weight is 565 g/mol. The maximum atomic E-state index is 15.0. The van der Waals surface area contributed by atoms with Gasteiger partial charge in [-0.2, -0.15) is 4.98 Å². The van der Waals surface area contributed by atoms with Crippen molar-refractivity contribution in [3.63, 3.8) is 0 Å². The minimum Gasteiger partial charge on any atom is -0.465 e. The summed E-state index contributed by atoms with van der Waals surface area (Å²) in [7, 11) is 0. The second kappa shape index (κ2) is 10.5. The van der Waals surface area contributed by atoms with E-state index in [0.29, 0.717) is 29.1 Å². The standard InChI is InChI=1S/C29H30ClFN6O3/c1-15(2)23-25(17(4)8-9-32-23)37-27-20(13-21(30)24(33-27)19-12-16(3)6-7-22(19)31)26(34-28(37)38)36-11-10-35(29(39)40)14-18(36)5/h6-9,12-13,15,18H,10-11,14H2,1-5H3,(H,39,40)/t18-/m0/s1. The third-order valence-corrected chi connectivity index (χ3v) is 7.56. The minimum absolute atomic E-state index is 0.0124. The van der Waals surface area contributed by atoms with Gasteiger partial charge in [-0.15, -0.1) is 0 Å². The molecule has 0 radical (unpaired) electrons. The van der Waals surface area contributed by atoms with Gasteiger partial charge < -0.3 is 14.9 Å². The number of halogens is 2. The third-order valence-electron chi connectivity index (χ3n) is 7.27. The average Bonchev–Trinajstić information content (AvgIpc) is 2.90. The van der Waals surface area contributed by atoms with Gasteiger partial charge in [0.2, 0.25) is 0 Å². The Bertz CT molecular complexity index is 1710. The van der Waals surface area contributed by atoms with Gasteiger partial charge in [-0.1, -0.05) is 37.1 Å². The van der Waals surface area contributed by atoms with Crippen molar-refractivity contribution in [1.82, 2.24) is 24.4 Å². The summed E-state index contributed by atoms with van der Waals surface area (Å²) in [5, 5.41) is 10.2. The summed E-state index contributed by atoms with van der Waals surface area (Å²) in [6, 6.07) is 7.91. The number of amides is 1. The highest BCUT2D eigenvalue weighted by atomic mass is 35.5. The van der Waals surface area contributed by atoms with Crippen LogP contribution >= 0.6 is 11.6 Å². The van der Waals surface area contributed by atoms with Crippen LogP contribution in [0.2, 0.25) is 5.02 Å². The number of nitrogens with zero attached hydrogens (tertiary/aromatic N) is 6. The Labute approximate surface area is 235 Å². The second-order valence-electron chi connectivity index (χ2n) is 10.5. The van der Waals surface area contributed by atoms with Gasteiger partial charge in [-0.3, -0.25) is 4.98 Å². The molecule has 1 aliphatic heterocycles. The van der Waals surface area contributed by atoms with Gasteiger partial charge in [-0.25, -0.2) is 23.5 Å². The van der Waals surface area contributed by atoms with Gasteiger partial charge in [0, 0.05) is 37.4 Å². The van der Waals surface area contributed by atoms with Crippen LogP contribution in [-0.2, 0) is 0 Å². The first-order valence-electron chi connectivity index (χ1n) is 13.1. The van der Waals surface area contributed by atoms with Gasteiger partial charge in [0.15, 0.2) is 5.65 Å². The molecule has 40 heavy (non-hydrogen) atoms. The highest BCUT2D eigenvalue weighted by molar-refractivity contribution is 6.33. The number of benzene rings is 1. The zero-order valence-electron chi connectivity index (χ0n) is 22.9. The summed E-state index contributed by atoms with van der Waals surface area (Å²) in [6.45, 7) is 10.4. The van der Waals surface area contributed by atoms with Crippen molar-refractivity contribution in [3.8, 4) is 16.9 Å². The predicted molar refractivity (Wildman–Crippen MR) is 153 cm³/mol. The van der Waals surface area contributed by atoms with E-state index in [1.165, 1.54) is 15.5 Å². The Balaban J connectivity index is 1.85. The molecule has 4 heterocycles. The van der Waals surface area contributed by atoms with E-state index in [1.807, 2.05) is 45.6 Å². The molecule has 0 saturated carbocycles. The van der Waals surface area contributed by atoms with Crippen LogP contribution in [0, 0.1) is 19.7 Å². The minimum atomic E-state index is -0.998. The molecule has 0 unspecified atom stereocenters. The summed E-state index contributed by atoms with van der Waals surface area (Å²) < 4.78 is 16.5. The zero-order chi connectivity index (χ0) is 28.9. The summed E-state index contributed by atoms with van der Waals surface area (Å²) >= 11 is 6.76. The molecule has 1 aromatic carbocycles. The zero-order valence-corrected chi connectivity index (χ0v) is 23.7. The molecular weight excluding hydrogens is 535 g/mol. The fourth-order valence-electron chi connectivity index (χ4n) is 5.27. The third kappa shape index (κ3) is 4.77. The summed E-state index contributed by atoms with van der Waals surface area (Å²) in [5.74, 6) is -0.143. The Hall–Kier alpha value is -4.05.